The van der Waals surface area contributed by atoms with Crippen molar-refractivity contribution in [2.45, 2.75) is 101 Å². The van der Waals surface area contributed by atoms with Gasteiger partial charge in [0.15, 0.2) is 0 Å². The number of rotatable bonds is 3. The van der Waals surface area contributed by atoms with Crippen molar-refractivity contribution in [3.8, 4) is 0 Å². The molecule has 1 aliphatic carbocycles. The van der Waals surface area contributed by atoms with Gasteiger partial charge in [0.05, 0.1) is 22.6 Å². The molecular formula is C30H35F6NO2S. The number of thioether (sulfide) groups is 1. The van der Waals surface area contributed by atoms with E-state index in [-0.39, 0.29) is 33.6 Å². The number of nitrogens with zero attached hydrogens (tertiary/aromatic N) is 1. The van der Waals surface area contributed by atoms with Crippen LogP contribution in [0.5, 0.6) is 0 Å². The van der Waals surface area contributed by atoms with Crippen molar-refractivity contribution in [2.75, 3.05) is 6.26 Å². The summed E-state index contributed by atoms with van der Waals surface area (Å²) >= 11 is 0.967. The molecule has 0 radical (unpaired) electrons. The minimum atomic E-state index is -4.64. The highest BCUT2D eigenvalue weighted by Gasteiger charge is 2.36. The number of carbonyl (C=O) groups is 1. The fourth-order valence-electron chi connectivity index (χ4n) is 5.75. The van der Waals surface area contributed by atoms with Crippen molar-refractivity contribution in [1.82, 2.24) is 4.57 Å². The van der Waals surface area contributed by atoms with E-state index >= 15 is 0 Å². The first-order valence-corrected chi connectivity index (χ1v) is 14.9. The van der Waals surface area contributed by atoms with Crippen LogP contribution in [-0.2, 0) is 21.9 Å². The maximum absolute atomic E-state index is 13.9. The van der Waals surface area contributed by atoms with Crippen LogP contribution in [0.1, 0.15) is 89.3 Å². The first kappa shape index (κ1) is 30.6. The first-order valence-electron chi connectivity index (χ1n) is 13.6. The van der Waals surface area contributed by atoms with E-state index in [9.17, 15) is 31.1 Å². The topological polar surface area (TPSA) is 31.2 Å². The Hall–Kier alpha value is -2.36. The summed E-state index contributed by atoms with van der Waals surface area (Å²) in [6.07, 6.45) is -1.70. The second-order valence-corrected chi connectivity index (χ2v) is 12.5. The minimum absolute atomic E-state index is 0.0324. The van der Waals surface area contributed by atoms with E-state index < -0.39 is 29.1 Å². The third kappa shape index (κ3) is 6.74. The number of esters is 1. The van der Waals surface area contributed by atoms with Crippen molar-refractivity contribution < 1.29 is 35.9 Å². The molecule has 1 heterocycles. The molecule has 2 atom stereocenters. The SMILES string of the molecule is CSc1cc2c(cc1C(F)(F)F)c1cc(C(F)(F)F)ccc1n2[C@@H]1CCCCCC(C(=O)OC(C)(C)C)CCC1. The molecule has 1 aromatic heterocycles. The first-order chi connectivity index (χ1) is 18.6. The zero-order chi connectivity index (χ0) is 29.5. The van der Waals surface area contributed by atoms with Crippen molar-refractivity contribution in [1.29, 1.82) is 0 Å². The number of carbonyl (C=O) groups excluding carboxylic acids is 1. The number of hydrogen-bond acceptors (Lipinski definition) is 3. The number of halogens is 6. The average Bonchev–Trinajstić information content (AvgIpc) is 3.16. The molecule has 1 fully saturated rings. The molecular weight excluding hydrogens is 552 g/mol. The van der Waals surface area contributed by atoms with Crippen LogP contribution in [0.4, 0.5) is 26.3 Å². The molecule has 0 saturated heterocycles. The predicted octanol–water partition coefficient (Wildman–Crippen LogP) is 10.2. The molecule has 3 aromatic rings. The van der Waals surface area contributed by atoms with E-state index in [0.717, 1.165) is 62.1 Å². The molecule has 1 aliphatic rings. The fraction of sp³-hybridized carbons (Fsp3) is 0.567. The van der Waals surface area contributed by atoms with Crippen LogP contribution in [0, 0.1) is 5.92 Å². The van der Waals surface area contributed by atoms with Gasteiger partial charge in [-0.3, -0.25) is 4.79 Å². The highest BCUT2D eigenvalue weighted by Crippen LogP contribution is 2.44. The number of aromatic nitrogens is 1. The molecule has 0 N–H and O–H groups in total. The third-order valence-corrected chi connectivity index (χ3v) is 8.32. The Morgan fingerprint density at radius 2 is 1.45 bits per heavy atom. The molecule has 3 nitrogen and oxygen atoms in total. The van der Waals surface area contributed by atoms with Gasteiger partial charge in [-0.15, -0.1) is 11.8 Å². The Balaban J connectivity index is 1.81. The van der Waals surface area contributed by atoms with Gasteiger partial charge in [-0.2, -0.15) is 26.3 Å². The van der Waals surface area contributed by atoms with Crippen molar-refractivity contribution >= 4 is 39.5 Å². The maximum Gasteiger partial charge on any atom is 0.417 e. The summed E-state index contributed by atoms with van der Waals surface area (Å²) < 4.78 is 90.3. The number of alkyl halides is 6. The summed E-state index contributed by atoms with van der Waals surface area (Å²) in [7, 11) is 0. The predicted molar refractivity (Wildman–Crippen MR) is 147 cm³/mol. The van der Waals surface area contributed by atoms with Gasteiger partial charge >= 0.3 is 18.3 Å². The summed E-state index contributed by atoms with van der Waals surface area (Å²) in [6, 6.07) is 5.67. The highest BCUT2D eigenvalue weighted by molar-refractivity contribution is 7.98. The molecule has 4 rings (SSSR count). The molecule has 2 aromatic carbocycles. The second-order valence-electron chi connectivity index (χ2n) is 11.6. The smallest absolute Gasteiger partial charge is 0.417 e. The van der Waals surface area contributed by atoms with Gasteiger partial charge in [0.1, 0.15) is 5.60 Å². The van der Waals surface area contributed by atoms with Crippen molar-refractivity contribution in [3.05, 3.63) is 41.5 Å². The lowest BCUT2D eigenvalue weighted by molar-refractivity contribution is -0.160. The van der Waals surface area contributed by atoms with E-state index in [1.165, 1.54) is 12.1 Å². The maximum atomic E-state index is 13.9. The quantitative estimate of drug-likeness (QED) is 0.174. The molecule has 0 bridgehead atoms. The molecule has 40 heavy (non-hydrogen) atoms. The molecule has 0 spiro atoms. The van der Waals surface area contributed by atoms with Gasteiger partial charge in [0.25, 0.3) is 0 Å². The Kier molecular flexibility index (Phi) is 8.79. The molecule has 1 saturated carbocycles. The summed E-state index contributed by atoms with van der Waals surface area (Å²) in [5.41, 5.74) is -1.35. The molecule has 0 amide bonds. The Labute approximate surface area is 234 Å². The van der Waals surface area contributed by atoms with Crippen LogP contribution in [0.3, 0.4) is 0 Å². The zero-order valence-electron chi connectivity index (χ0n) is 23.1. The van der Waals surface area contributed by atoms with Gasteiger partial charge in [0.2, 0.25) is 0 Å². The van der Waals surface area contributed by atoms with Crippen LogP contribution >= 0.6 is 11.8 Å². The van der Waals surface area contributed by atoms with Crippen LogP contribution in [0.2, 0.25) is 0 Å². The Morgan fingerprint density at radius 3 is 2.08 bits per heavy atom. The Morgan fingerprint density at radius 1 is 0.825 bits per heavy atom. The van der Waals surface area contributed by atoms with Crippen LogP contribution in [0.15, 0.2) is 35.2 Å². The van der Waals surface area contributed by atoms with Gasteiger partial charge in [0, 0.05) is 27.2 Å². The number of benzene rings is 2. The monoisotopic (exact) mass is 587 g/mol. The summed E-state index contributed by atoms with van der Waals surface area (Å²) in [5, 5.41) is 0.321. The van der Waals surface area contributed by atoms with E-state index in [4.69, 9.17) is 4.74 Å². The number of ether oxygens (including phenoxy) is 1. The largest absolute Gasteiger partial charge is 0.460 e. The Bertz CT molecular complexity index is 1370. The van der Waals surface area contributed by atoms with E-state index in [1.807, 2.05) is 25.3 Å². The highest BCUT2D eigenvalue weighted by atomic mass is 32.2. The number of hydrogen-bond donors (Lipinski definition) is 0. The van der Waals surface area contributed by atoms with E-state index in [0.29, 0.717) is 30.3 Å². The second kappa shape index (κ2) is 11.5. The van der Waals surface area contributed by atoms with Gasteiger partial charge in [-0.05, 0) is 83.0 Å². The fourth-order valence-corrected chi connectivity index (χ4v) is 6.37. The van der Waals surface area contributed by atoms with Crippen LogP contribution < -0.4 is 0 Å². The van der Waals surface area contributed by atoms with E-state index in [2.05, 4.69) is 0 Å². The molecule has 0 aliphatic heterocycles. The lowest BCUT2D eigenvalue weighted by Crippen LogP contribution is -2.29. The van der Waals surface area contributed by atoms with Gasteiger partial charge < -0.3 is 9.30 Å². The molecule has 1 unspecified atom stereocenters. The summed E-state index contributed by atoms with van der Waals surface area (Å²) in [5.74, 6) is -0.451. The van der Waals surface area contributed by atoms with Crippen molar-refractivity contribution in [3.63, 3.8) is 0 Å². The van der Waals surface area contributed by atoms with Crippen LogP contribution in [-0.4, -0.2) is 22.4 Å². The summed E-state index contributed by atoms with van der Waals surface area (Å²) in [6.45, 7) is 5.50. The van der Waals surface area contributed by atoms with Gasteiger partial charge in [-0.25, -0.2) is 0 Å². The normalized spacial score (nSPS) is 20.1. The van der Waals surface area contributed by atoms with Crippen LogP contribution in [0.25, 0.3) is 21.8 Å². The van der Waals surface area contributed by atoms with Crippen molar-refractivity contribution in [2.24, 2.45) is 5.92 Å². The summed E-state index contributed by atoms with van der Waals surface area (Å²) in [4.78, 5) is 12.9. The standard InChI is InChI=1S/C30H35F6NO2S/c1-28(2,3)39-27(38)18-9-6-5-7-11-20(12-8-10-18)37-24-14-13-19(29(31,32)33)15-21(24)22-16-23(30(34,35)36)26(40-4)17-25(22)37/h13-18,20H,5-12H2,1-4H3/t18?,20-/m1/s1. The number of fused-ring (bicyclic) bond motifs is 3. The lowest BCUT2D eigenvalue weighted by Gasteiger charge is -2.27. The molecule has 220 valence electrons. The lowest BCUT2D eigenvalue weighted by atomic mass is 9.90. The molecule has 10 heteroatoms. The average molecular weight is 588 g/mol. The van der Waals surface area contributed by atoms with Gasteiger partial charge in [-0.1, -0.05) is 25.7 Å². The minimum Gasteiger partial charge on any atom is -0.460 e. The zero-order valence-corrected chi connectivity index (χ0v) is 24.0. The third-order valence-electron chi connectivity index (χ3n) is 7.54. The van der Waals surface area contributed by atoms with E-state index in [1.54, 1.807) is 6.26 Å².